The van der Waals surface area contributed by atoms with Crippen LogP contribution in [-0.2, 0) is 0 Å². The van der Waals surface area contributed by atoms with E-state index in [4.69, 9.17) is 32.7 Å². The number of carbonyl (C=O) groups excluding carboxylic acids is 1. The molecule has 0 spiro atoms. The van der Waals surface area contributed by atoms with Crippen LogP contribution in [0.2, 0.25) is 10.0 Å². The van der Waals surface area contributed by atoms with E-state index >= 15 is 0 Å². The first-order chi connectivity index (χ1) is 7.02. The Hall–Kier alpha value is -1.13. The average Bonchev–Trinajstić information content (AvgIpc) is 2.16. The second-order valence-corrected chi connectivity index (χ2v) is 3.38. The first kappa shape index (κ1) is 11.9. The summed E-state index contributed by atoms with van der Waals surface area (Å²) >= 11 is 11.5. The van der Waals surface area contributed by atoms with Gasteiger partial charge in [-0.15, -0.1) is 0 Å². The van der Waals surface area contributed by atoms with Crippen molar-refractivity contribution in [3.63, 3.8) is 0 Å². The number of carbonyl (C=O) groups is 1. The van der Waals surface area contributed by atoms with Crippen LogP contribution in [0.1, 0.15) is 10.4 Å². The van der Waals surface area contributed by atoms with Gasteiger partial charge in [0, 0.05) is 0 Å². The third-order valence-electron chi connectivity index (χ3n) is 1.75. The minimum Gasteiger partial charge on any atom is -0.545 e. The first-order valence-corrected chi connectivity index (χ1v) is 4.59. The molecule has 0 radical (unpaired) electrons. The Morgan fingerprint density at radius 3 is 1.87 bits per heavy atom. The van der Waals surface area contributed by atoms with Gasteiger partial charge in [0.1, 0.15) is 11.5 Å². The summed E-state index contributed by atoms with van der Waals surface area (Å²) in [6, 6.07) is 1.34. The van der Waals surface area contributed by atoms with Crippen LogP contribution in [0.3, 0.4) is 0 Å². The number of hydrogen-bond donors (Lipinski definition) is 0. The highest BCUT2D eigenvalue weighted by atomic mass is 35.5. The van der Waals surface area contributed by atoms with Gasteiger partial charge in [-0.25, -0.2) is 0 Å². The van der Waals surface area contributed by atoms with E-state index in [1.165, 1.54) is 20.3 Å². The minimum absolute atomic E-state index is 0.0297. The molecule has 82 valence electrons. The molecule has 0 fully saturated rings. The van der Waals surface area contributed by atoms with E-state index in [0.717, 1.165) is 0 Å². The molecule has 0 aliphatic rings. The summed E-state index contributed by atoms with van der Waals surface area (Å²) in [6.45, 7) is 0. The lowest BCUT2D eigenvalue weighted by Crippen LogP contribution is -2.24. The van der Waals surface area contributed by atoms with Gasteiger partial charge < -0.3 is 19.4 Å². The van der Waals surface area contributed by atoms with Crippen molar-refractivity contribution in [2.24, 2.45) is 0 Å². The zero-order valence-corrected chi connectivity index (χ0v) is 9.48. The van der Waals surface area contributed by atoms with Gasteiger partial charge in [-0.1, -0.05) is 23.2 Å². The van der Waals surface area contributed by atoms with Gasteiger partial charge >= 0.3 is 0 Å². The van der Waals surface area contributed by atoms with Crippen LogP contribution in [0, 0.1) is 0 Å². The van der Waals surface area contributed by atoms with Crippen molar-refractivity contribution in [2.75, 3.05) is 14.2 Å². The van der Waals surface area contributed by atoms with E-state index in [-0.39, 0.29) is 27.1 Å². The van der Waals surface area contributed by atoms with Crippen LogP contribution in [-0.4, -0.2) is 20.2 Å². The molecule has 1 aromatic rings. The van der Waals surface area contributed by atoms with Crippen LogP contribution in [0.5, 0.6) is 11.5 Å². The molecule has 15 heavy (non-hydrogen) atoms. The lowest BCUT2D eigenvalue weighted by molar-refractivity contribution is -0.255. The number of carboxylic acids is 1. The molecule has 4 nitrogen and oxygen atoms in total. The van der Waals surface area contributed by atoms with Crippen molar-refractivity contribution < 1.29 is 19.4 Å². The minimum atomic E-state index is -1.46. The molecule has 0 saturated carbocycles. The third kappa shape index (κ3) is 2.11. The Kier molecular flexibility index (Phi) is 3.66. The second-order valence-electron chi connectivity index (χ2n) is 2.57. The molecule has 0 atom stereocenters. The third-order valence-corrected chi connectivity index (χ3v) is 2.32. The smallest absolute Gasteiger partial charge is 0.150 e. The predicted octanol–water partition coefficient (Wildman–Crippen LogP) is 1.37. The number of methoxy groups -OCH3 is 2. The van der Waals surface area contributed by atoms with Gasteiger partial charge in [0.15, 0.2) is 0 Å². The number of aromatic carboxylic acids is 1. The van der Waals surface area contributed by atoms with Gasteiger partial charge in [-0.05, 0) is 6.07 Å². The molecular weight excluding hydrogens is 243 g/mol. The maximum atomic E-state index is 10.9. The van der Waals surface area contributed by atoms with Crippen molar-refractivity contribution >= 4 is 29.2 Å². The summed E-state index contributed by atoms with van der Waals surface area (Å²) in [7, 11) is 2.59. The Bertz CT molecular complexity index is 375. The van der Waals surface area contributed by atoms with E-state index < -0.39 is 5.97 Å². The van der Waals surface area contributed by atoms with Crippen LogP contribution in [0.25, 0.3) is 0 Å². The molecule has 0 bridgehead atoms. The van der Waals surface area contributed by atoms with Crippen molar-refractivity contribution in [3.8, 4) is 11.5 Å². The van der Waals surface area contributed by atoms with E-state index in [1.54, 1.807) is 0 Å². The molecule has 0 amide bonds. The lowest BCUT2D eigenvalue weighted by Gasteiger charge is -2.16. The SMILES string of the molecule is COc1c(Cl)cc(Cl)c(OC)c1C(=O)[O-]. The molecule has 0 aliphatic heterocycles. The highest BCUT2D eigenvalue weighted by Crippen LogP contribution is 2.40. The normalized spacial score (nSPS) is 9.87. The fourth-order valence-electron chi connectivity index (χ4n) is 1.17. The van der Waals surface area contributed by atoms with Gasteiger partial charge in [0.25, 0.3) is 0 Å². The predicted molar refractivity (Wildman–Crippen MR) is 53.9 cm³/mol. The topological polar surface area (TPSA) is 58.6 Å². The Morgan fingerprint density at radius 2 is 1.60 bits per heavy atom. The molecular formula is C9H7Cl2O4-. The number of halogens is 2. The molecule has 0 heterocycles. The zero-order chi connectivity index (χ0) is 11.6. The summed E-state index contributed by atoms with van der Waals surface area (Å²) in [5.74, 6) is -1.52. The highest BCUT2D eigenvalue weighted by molar-refractivity contribution is 6.37. The molecule has 0 aliphatic carbocycles. The quantitative estimate of drug-likeness (QED) is 0.812. The number of ether oxygens (including phenoxy) is 2. The molecule has 0 saturated heterocycles. The molecule has 0 aromatic heterocycles. The van der Waals surface area contributed by atoms with E-state index in [2.05, 4.69) is 0 Å². The number of carboxylic acid groups (broad SMARTS) is 1. The van der Waals surface area contributed by atoms with Crippen LogP contribution >= 0.6 is 23.2 Å². The standard InChI is InChI=1S/C9H8Cl2O4/c1-14-7-4(10)3-5(11)8(15-2)6(7)9(12)13/h3H,1-2H3,(H,12,13)/p-1. The van der Waals surface area contributed by atoms with Crippen molar-refractivity contribution in [1.82, 2.24) is 0 Å². The summed E-state index contributed by atoms with van der Waals surface area (Å²) < 4.78 is 9.69. The average molecular weight is 250 g/mol. The molecule has 1 aromatic carbocycles. The summed E-state index contributed by atoms with van der Waals surface area (Å²) in [5, 5.41) is 11.0. The molecule has 0 N–H and O–H groups in total. The Labute approximate surface area is 96.3 Å². The highest BCUT2D eigenvalue weighted by Gasteiger charge is 2.18. The Balaban J connectivity index is 3.58. The van der Waals surface area contributed by atoms with E-state index in [1.807, 2.05) is 0 Å². The van der Waals surface area contributed by atoms with Gasteiger partial charge in [0.05, 0.1) is 35.8 Å². The van der Waals surface area contributed by atoms with Gasteiger partial charge in [-0.3, -0.25) is 0 Å². The molecule has 1 rings (SSSR count). The van der Waals surface area contributed by atoms with E-state index in [9.17, 15) is 9.90 Å². The van der Waals surface area contributed by atoms with Crippen molar-refractivity contribution in [3.05, 3.63) is 21.7 Å². The summed E-state index contributed by atoms with van der Waals surface area (Å²) in [5.41, 5.74) is -0.294. The molecule has 0 unspecified atom stereocenters. The summed E-state index contributed by atoms with van der Waals surface area (Å²) in [6.07, 6.45) is 0. The van der Waals surface area contributed by atoms with Crippen molar-refractivity contribution in [1.29, 1.82) is 0 Å². The number of hydrogen-bond acceptors (Lipinski definition) is 4. The number of rotatable bonds is 3. The first-order valence-electron chi connectivity index (χ1n) is 3.84. The van der Waals surface area contributed by atoms with Crippen LogP contribution in [0.15, 0.2) is 6.07 Å². The van der Waals surface area contributed by atoms with Crippen LogP contribution in [0.4, 0.5) is 0 Å². The molecule has 6 heteroatoms. The fourth-order valence-corrected chi connectivity index (χ4v) is 1.79. The Morgan fingerprint density at radius 1 is 1.20 bits per heavy atom. The summed E-state index contributed by atoms with van der Waals surface area (Å²) in [4.78, 5) is 10.9. The van der Waals surface area contributed by atoms with E-state index in [0.29, 0.717) is 0 Å². The zero-order valence-electron chi connectivity index (χ0n) is 7.97. The fraction of sp³-hybridized carbons (Fsp3) is 0.222. The van der Waals surface area contributed by atoms with Crippen LogP contribution < -0.4 is 14.6 Å². The van der Waals surface area contributed by atoms with Crippen molar-refractivity contribution in [2.45, 2.75) is 0 Å². The van der Waals surface area contributed by atoms with Gasteiger partial charge in [-0.2, -0.15) is 0 Å². The maximum absolute atomic E-state index is 10.9. The number of benzene rings is 1. The lowest BCUT2D eigenvalue weighted by atomic mass is 10.1. The van der Waals surface area contributed by atoms with Gasteiger partial charge in [0.2, 0.25) is 0 Å². The monoisotopic (exact) mass is 249 g/mol. The largest absolute Gasteiger partial charge is 0.545 e. The maximum Gasteiger partial charge on any atom is 0.150 e. The second kappa shape index (κ2) is 4.59.